The first-order valence-corrected chi connectivity index (χ1v) is 7.43. The third kappa shape index (κ3) is 2.95. The van der Waals surface area contributed by atoms with Crippen LogP contribution in [0.3, 0.4) is 0 Å². The van der Waals surface area contributed by atoms with Crippen LogP contribution in [0.15, 0.2) is 10.9 Å². The van der Waals surface area contributed by atoms with Crippen molar-refractivity contribution in [2.45, 2.75) is 26.2 Å². The Morgan fingerprint density at radius 3 is 2.81 bits per heavy atom. The molecule has 0 aromatic carbocycles. The zero-order valence-electron chi connectivity index (χ0n) is 11.8. The molecule has 112 valence electrons. The number of hydrogen-bond acceptors (Lipinski definition) is 3. The highest BCUT2D eigenvalue weighted by atomic mass is 35.5. The van der Waals surface area contributed by atoms with Crippen LogP contribution in [0, 0.1) is 5.92 Å². The molecule has 0 aliphatic carbocycles. The number of halogens is 1. The second-order valence-corrected chi connectivity index (χ2v) is 5.95. The molecule has 21 heavy (non-hydrogen) atoms. The Morgan fingerprint density at radius 2 is 2.14 bits per heavy atom. The summed E-state index contributed by atoms with van der Waals surface area (Å²) in [4.78, 5) is 34.2. The van der Waals surface area contributed by atoms with Crippen LogP contribution in [0.1, 0.15) is 25.5 Å². The minimum atomic E-state index is -0.277. The number of piperidine rings is 1. The fourth-order valence-electron chi connectivity index (χ4n) is 2.85. The van der Waals surface area contributed by atoms with Crippen molar-refractivity contribution >= 4 is 28.7 Å². The summed E-state index contributed by atoms with van der Waals surface area (Å²) in [6, 6.07) is 1.74. The molecule has 1 aliphatic rings. The molecule has 2 aromatic heterocycles. The number of nitrogens with zero attached hydrogens (tertiary/aromatic N) is 2. The molecular formula is C14H17ClN4O2. The molecule has 0 radical (unpaired) electrons. The van der Waals surface area contributed by atoms with Crippen molar-refractivity contribution in [2.24, 2.45) is 5.92 Å². The highest BCUT2D eigenvalue weighted by Crippen LogP contribution is 2.26. The highest BCUT2D eigenvalue weighted by molar-refractivity contribution is 6.31. The van der Waals surface area contributed by atoms with E-state index in [1.54, 1.807) is 13.0 Å². The SMILES string of the molecule is CC(=O)N1CCC(Cc2nc3[nH]c(=O)[nH]c3cc2Cl)CC1. The standard InChI is InChI=1S/C14H17ClN4O2/c1-8(20)19-4-2-9(3-5-19)6-11-10(15)7-12-13(16-11)18-14(21)17-12/h7,9H,2-6H2,1H3,(H2,16,17,18,21). The smallest absolute Gasteiger partial charge is 0.325 e. The summed E-state index contributed by atoms with van der Waals surface area (Å²) < 4.78 is 0. The van der Waals surface area contributed by atoms with Gasteiger partial charge in [-0.25, -0.2) is 9.78 Å². The molecule has 1 saturated heterocycles. The van der Waals surface area contributed by atoms with Gasteiger partial charge >= 0.3 is 5.69 Å². The van der Waals surface area contributed by atoms with E-state index in [9.17, 15) is 9.59 Å². The van der Waals surface area contributed by atoms with Gasteiger partial charge in [0.25, 0.3) is 0 Å². The Morgan fingerprint density at radius 1 is 1.43 bits per heavy atom. The Kier molecular flexibility index (Phi) is 3.71. The maximum absolute atomic E-state index is 11.3. The number of rotatable bonds is 2. The van der Waals surface area contributed by atoms with Gasteiger partial charge in [-0.2, -0.15) is 0 Å². The molecule has 0 saturated carbocycles. The Balaban J connectivity index is 1.74. The van der Waals surface area contributed by atoms with Gasteiger partial charge in [-0.3, -0.25) is 9.78 Å². The molecule has 0 bridgehead atoms. The van der Waals surface area contributed by atoms with Crippen LogP contribution in [0.25, 0.3) is 11.2 Å². The number of H-pyrrole nitrogens is 2. The van der Waals surface area contributed by atoms with Crippen molar-refractivity contribution in [3.8, 4) is 0 Å². The second-order valence-electron chi connectivity index (χ2n) is 5.55. The van der Waals surface area contributed by atoms with Gasteiger partial charge in [0.05, 0.1) is 16.2 Å². The molecule has 7 heteroatoms. The molecule has 0 spiro atoms. The predicted molar refractivity (Wildman–Crippen MR) is 80.4 cm³/mol. The van der Waals surface area contributed by atoms with Gasteiger partial charge in [-0.05, 0) is 31.2 Å². The normalized spacial score (nSPS) is 16.6. The maximum atomic E-state index is 11.3. The second kappa shape index (κ2) is 5.52. The van der Waals surface area contributed by atoms with Crippen LogP contribution in [0.5, 0.6) is 0 Å². The van der Waals surface area contributed by atoms with Gasteiger partial charge in [-0.15, -0.1) is 0 Å². The van der Waals surface area contributed by atoms with E-state index in [0.717, 1.165) is 38.0 Å². The lowest BCUT2D eigenvalue weighted by Gasteiger charge is -2.31. The third-order valence-corrected chi connectivity index (χ3v) is 4.40. The fraction of sp³-hybridized carbons (Fsp3) is 0.500. The first-order valence-electron chi connectivity index (χ1n) is 7.06. The zero-order valence-corrected chi connectivity index (χ0v) is 12.5. The quantitative estimate of drug-likeness (QED) is 0.886. The number of amides is 1. The molecule has 1 fully saturated rings. The first-order chi connectivity index (χ1) is 10.0. The van der Waals surface area contributed by atoms with Gasteiger partial charge < -0.3 is 9.88 Å². The zero-order chi connectivity index (χ0) is 15.0. The molecule has 6 nitrogen and oxygen atoms in total. The van der Waals surface area contributed by atoms with E-state index in [0.29, 0.717) is 22.1 Å². The number of hydrogen-bond donors (Lipinski definition) is 2. The summed E-state index contributed by atoms with van der Waals surface area (Å²) >= 11 is 6.25. The molecule has 3 heterocycles. The van der Waals surface area contributed by atoms with Crippen molar-refractivity contribution in [1.29, 1.82) is 0 Å². The fourth-order valence-corrected chi connectivity index (χ4v) is 3.08. The average Bonchev–Trinajstić information content (AvgIpc) is 2.79. The molecule has 1 aliphatic heterocycles. The van der Waals surface area contributed by atoms with Gasteiger partial charge in [0.15, 0.2) is 5.65 Å². The first kappa shape index (κ1) is 14.1. The topological polar surface area (TPSA) is 81.8 Å². The number of carbonyl (C=O) groups excluding carboxylic acids is 1. The molecule has 3 rings (SSSR count). The summed E-state index contributed by atoms with van der Waals surface area (Å²) in [5.74, 6) is 0.602. The van der Waals surface area contributed by atoms with Crippen LogP contribution in [0.4, 0.5) is 0 Å². The van der Waals surface area contributed by atoms with Crippen molar-refractivity contribution in [1.82, 2.24) is 19.9 Å². The number of carbonyl (C=O) groups is 1. The van der Waals surface area contributed by atoms with E-state index in [1.807, 2.05) is 4.90 Å². The summed E-state index contributed by atoms with van der Waals surface area (Å²) in [6.07, 6.45) is 2.69. The molecule has 0 unspecified atom stereocenters. The van der Waals surface area contributed by atoms with E-state index in [-0.39, 0.29) is 11.6 Å². The van der Waals surface area contributed by atoms with E-state index < -0.39 is 0 Å². The Labute approximate surface area is 126 Å². The van der Waals surface area contributed by atoms with Crippen LogP contribution < -0.4 is 5.69 Å². The minimum absolute atomic E-state index is 0.135. The van der Waals surface area contributed by atoms with Crippen LogP contribution in [-0.4, -0.2) is 38.8 Å². The number of aromatic nitrogens is 3. The number of pyridine rings is 1. The number of aromatic amines is 2. The van der Waals surface area contributed by atoms with E-state index >= 15 is 0 Å². The van der Waals surface area contributed by atoms with E-state index in [2.05, 4.69) is 15.0 Å². The van der Waals surface area contributed by atoms with Crippen LogP contribution in [-0.2, 0) is 11.2 Å². The van der Waals surface area contributed by atoms with Crippen LogP contribution in [0.2, 0.25) is 5.02 Å². The van der Waals surface area contributed by atoms with Crippen molar-refractivity contribution in [2.75, 3.05) is 13.1 Å². The van der Waals surface area contributed by atoms with Gasteiger partial charge in [0.2, 0.25) is 5.91 Å². The Bertz CT molecular complexity index is 728. The maximum Gasteiger partial charge on any atom is 0.325 e. The lowest BCUT2D eigenvalue weighted by Crippen LogP contribution is -2.37. The summed E-state index contributed by atoms with van der Waals surface area (Å²) in [5.41, 5.74) is 1.70. The summed E-state index contributed by atoms with van der Waals surface area (Å²) in [6.45, 7) is 3.19. The van der Waals surface area contributed by atoms with Crippen molar-refractivity contribution in [3.05, 3.63) is 27.3 Å². The van der Waals surface area contributed by atoms with Gasteiger partial charge in [0.1, 0.15) is 0 Å². The lowest BCUT2D eigenvalue weighted by atomic mass is 9.92. The lowest BCUT2D eigenvalue weighted by molar-refractivity contribution is -0.130. The molecule has 2 aromatic rings. The number of likely N-dealkylation sites (tertiary alicyclic amines) is 1. The van der Waals surface area contributed by atoms with Gasteiger partial charge in [-0.1, -0.05) is 11.6 Å². The largest absolute Gasteiger partial charge is 0.343 e. The number of fused-ring (bicyclic) bond motifs is 1. The molecule has 1 amide bonds. The molecular weight excluding hydrogens is 292 g/mol. The molecule has 0 atom stereocenters. The van der Waals surface area contributed by atoms with Crippen molar-refractivity contribution < 1.29 is 4.79 Å². The average molecular weight is 309 g/mol. The van der Waals surface area contributed by atoms with E-state index in [4.69, 9.17) is 11.6 Å². The van der Waals surface area contributed by atoms with E-state index in [1.165, 1.54) is 0 Å². The highest BCUT2D eigenvalue weighted by Gasteiger charge is 2.22. The monoisotopic (exact) mass is 308 g/mol. The summed E-state index contributed by atoms with van der Waals surface area (Å²) in [5, 5.41) is 0.576. The number of imidazole rings is 1. The van der Waals surface area contributed by atoms with Crippen LogP contribution >= 0.6 is 11.6 Å². The molecule has 2 N–H and O–H groups in total. The summed E-state index contributed by atoms with van der Waals surface area (Å²) in [7, 11) is 0. The van der Waals surface area contributed by atoms with Crippen molar-refractivity contribution in [3.63, 3.8) is 0 Å². The van der Waals surface area contributed by atoms with Gasteiger partial charge in [0, 0.05) is 20.0 Å². The third-order valence-electron chi connectivity index (χ3n) is 4.07. The number of nitrogens with one attached hydrogen (secondary N) is 2. The minimum Gasteiger partial charge on any atom is -0.343 e. The Hall–Kier alpha value is -1.82. The predicted octanol–water partition coefficient (Wildman–Crippen LogP) is 1.71.